The molecule has 1 aromatic heterocycles. The lowest BCUT2D eigenvalue weighted by atomic mass is 9.91. The number of aromatic nitrogens is 1. The number of rotatable bonds is 2. The van der Waals surface area contributed by atoms with E-state index in [1.54, 1.807) is 6.20 Å². The highest BCUT2D eigenvalue weighted by Gasteiger charge is 2.21. The number of nitrogens with one attached hydrogen (secondary N) is 1. The van der Waals surface area contributed by atoms with E-state index in [1.165, 1.54) is 0 Å². The first-order valence-corrected chi connectivity index (χ1v) is 7.14. The first kappa shape index (κ1) is 13.1. The van der Waals surface area contributed by atoms with E-state index in [9.17, 15) is 4.79 Å². The highest BCUT2D eigenvalue weighted by atomic mass is 16.1. The van der Waals surface area contributed by atoms with Gasteiger partial charge < -0.3 is 11.1 Å². The summed E-state index contributed by atoms with van der Waals surface area (Å²) in [5, 5.41) is 5.03. The molecular weight excluding hydrogens is 250 g/mol. The topological polar surface area (TPSA) is 68.0 Å². The summed E-state index contributed by atoms with van der Waals surface area (Å²) in [6.45, 7) is 0. The number of amides is 1. The molecule has 0 spiro atoms. The third-order valence-electron chi connectivity index (χ3n) is 4.00. The second-order valence-electron chi connectivity index (χ2n) is 5.47. The Kier molecular flexibility index (Phi) is 3.65. The van der Waals surface area contributed by atoms with Crippen LogP contribution in [-0.2, 0) is 0 Å². The monoisotopic (exact) mass is 269 g/mol. The zero-order valence-corrected chi connectivity index (χ0v) is 11.4. The molecule has 3 N–H and O–H groups in total. The van der Waals surface area contributed by atoms with Crippen LogP contribution in [0.3, 0.4) is 0 Å². The minimum absolute atomic E-state index is 0.0812. The highest BCUT2D eigenvalue weighted by molar-refractivity contribution is 6.05. The fraction of sp³-hybridized carbons (Fsp3) is 0.375. The summed E-state index contributed by atoms with van der Waals surface area (Å²) in [5.74, 6) is -0.0812. The van der Waals surface area contributed by atoms with E-state index < -0.39 is 0 Å². The molecule has 1 amide bonds. The molecule has 0 atom stereocenters. The first-order valence-electron chi connectivity index (χ1n) is 7.14. The van der Waals surface area contributed by atoms with E-state index in [4.69, 9.17) is 5.73 Å². The maximum Gasteiger partial charge on any atom is 0.270 e. The van der Waals surface area contributed by atoms with E-state index in [2.05, 4.69) is 10.3 Å². The number of hydrogen-bond donors (Lipinski definition) is 2. The van der Waals surface area contributed by atoms with Crippen molar-refractivity contribution < 1.29 is 4.79 Å². The van der Waals surface area contributed by atoms with Crippen LogP contribution in [0.5, 0.6) is 0 Å². The van der Waals surface area contributed by atoms with Crippen molar-refractivity contribution in [3.05, 3.63) is 42.2 Å². The Morgan fingerprint density at radius 3 is 2.70 bits per heavy atom. The Morgan fingerprint density at radius 1 is 1.15 bits per heavy atom. The van der Waals surface area contributed by atoms with Gasteiger partial charge in [0.15, 0.2) is 0 Å². The Labute approximate surface area is 118 Å². The molecule has 4 heteroatoms. The van der Waals surface area contributed by atoms with Crippen molar-refractivity contribution in [2.75, 3.05) is 0 Å². The molecule has 104 valence electrons. The van der Waals surface area contributed by atoms with Gasteiger partial charge in [0.2, 0.25) is 0 Å². The largest absolute Gasteiger partial charge is 0.348 e. The first-order chi connectivity index (χ1) is 9.74. The molecule has 3 rings (SSSR count). The van der Waals surface area contributed by atoms with Crippen LogP contribution in [0.1, 0.15) is 36.2 Å². The van der Waals surface area contributed by atoms with Crippen LogP contribution >= 0.6 is 0 Å². The van der Waals surface area contributed by atoms with Crippen LogP contribution in [-0.4, -0.2) is 23.0 Å². The third-order valence-corrected chi connectivity index (χ3v) is 4.00. The van der Waals surface area contributed by atoms with Crippen LogP contribution in [0.15, 0.2) is 36.5 Å². The van der Waals surface area contributed by atoms with Crippen molar-refractivity contribution in [3.63, 3.8) is 0 Å². The smallest absolute Gasteiger partial charge is 0.270 e. The quantitative estimate of drug-likeness (QED) is 0.878. The second-order valence-corrected chi connectivity index (χ2v) is 5.47. The van der Waals surface area contributed by atoms with Crippen molar-refractivity contribution in [3.8, 4) is 0 Å². The molecule has 0 unspecified atom stereocenters. The summed E-state index contributed by atoms with van der Waals surface area (Å²) in [5.41, 5.74) is 6.40. The second kappa shape index (κ2) is 5.59. The van der Waals surface area contributed by atoms with E-state index in [-0.39, 0.29) is 11.9 Å². The summed E-state index contributed by atoms with van der Waals surface area (Å²) in [4.78, 5) is 16.7. The lowest BCUT2D eigenvalue weighted by Gasteiger charge is -2.26. The summed E-state index contributed by atoms with van der Waals surface area (Å²) in [6.07, 6.45) is 5.56. The minimum Gasteiger partial charge on any atom is -0.348 e. The molecule has 20 heavy (non-hydrogen) atoms. The standard InChI is InChI=1S/C16H19N3O/c17-12-5-7-13(8-6-12)19-16(20)15-14-4-2-1-3-11(14)9-10-18-15/h1-4,9-10,12-13H,5-8,17H2,(H,19,20). The number of pyridine rings is 1. The van der Waals surface area contributed by atoms with Crippen LogP contribution in [0.25, 0.3) is 10.8 Å². The van der Waals surface area contributed by atoms with E-state index in [1.807, 2.05) is 30.3 Å². The van der Waals surface area contributed by atoms with Crippen molar-refractivity contribution in [1.29, 1.82) is 0 Å². The number of nitrogens with zero attached hydrogens (tertiary/aromatic N) is 1. The summed E-state index contributed by atoms with van der Waals surface area (Å²) in [7, 11) is 0. The number of benzene rings is 1. The number of carbonyl (C=O) groups excluding carboxylic acids is 1. The molecule has 1 aliphatic rings. The summed E-state index contributed by atoms with van der Waals surface area (Å²) >= 11 is 0. The van der Waals surface area contributed by atoms with Gasteiger partial charge in [-0.3, -0.25) is 9.78 Å². The predicted octanol–water partition coefficient (Wildman–Crippen LogP) is 2.23. The Balaban J connectivity index is 1.79. The number of hydrogen-bond acceptors (Lipinski definition) is 3. The summed E-state index contributed by atoms with van der Waals surface area (Å²) < 4.78 is 0. The predicted molar refractivity (Wildman–Crippen MR) is 79.4 cm³/mol. The minimum atomic E-state index is -0.0812. The number of carbonyl (C=O) groups is 1. The number of fused-ring (bicyclic) bond motifs is 1. The lowest BCUT2D eigenvalue weighted by molar-refractivity contribution is 0.0922. The zero-order valence-electron chi connectivity index (χ0n) is 11.4. The van der Waals surface area contributed by atoms with Crippen LogP contribution in [0.2, 0.25) is 0 Å². The van der Waals surface area contributed by atoms with Crippen molar-refractivity contribution in [1.82, 2.24) is 10.3 Å². The Hall–Kier alpha value is -1.94. The fourth-order valence-corrected chi connectivity index (χ4v) is 2.82. The molecule has 0 saturated heterocycles. The molecule has 1 saturated carbocycles. The van der Waals surface area contributed by atoms with Gasteiger partial charge in [-0.2, -0.15) is 0 Å². The SMILES string of the molecule is NC1CCC(NC(=O)c2nccc3ccccc23)CC1. The molecule has 1 heterocycles. The zero-order chi connectivity index (χ0) is 13.9. The molecule has 0 radical (unpaired) electrons. The maximum absolute atomic E-state index is 12.4. The molecular formula is C16H19N3O. The molecule has 2 aromatic rings. The molecule has 1 aliphatic carbocycles. The van der Waals surface area contributed by atoms with Gasteiger partial charge >= 0.3 is 0 Å². The molecule has 1 fully saturated rings. The van der Waals surface area contributed by atoms with E-state index in [0.29, 0.717) is 11.7 Å². The van der Waals surface area contributed by atoms with Gasteiger partial charge in [-0.05, 0) is 37.1 Å². The molecule has 1 aromatic carbocycles. The molecule has 0 aliphatic heterocycles. The van der Waals surface area contributed by atoms with Gasteiger partial charge in [-0.25, -0.2) is 0 Å². The van der Waals surface area contributed by atoms with Crippen LogP contribution in [0, 0.1) is 0 Å². The van der Waals surface area contributed by atoms with Gasteiger partial charge in [0.05, 0.1) is 0 Å². The molecule has 0 bridgehead atoms. The van der Waals surface area contributed by atoms with Crippen molar-refractivity contribution in [2.24, 2.45) is 5.73 Å². The average molecular weight is 269 g/mol. The third kappa shape index (κ3) is 2.65. The maximum atomic E-state index is 12.4. The van der Waals surface area contributed by atoms with E-state index >= 15 is 0 Å². The highest BCUT2D eigenvalue weighted by Crippen LogP contribution is 2.19. The van der Waals surface area contributed by atoms with Crippen LogP contribution in [0.4, 0.5) is 0 Å². The normalized spacial score (nSPS) is 22.6. The van der Waals surface area contributed by atoms with Gasteiger partial charge in [-0.1, -0.05) is 24.3 Å². The van der Waals surface area contributed by atoms with Crippen molar-refractivity contribution >= 4 is 16.7 Å². The molecule has 4 nitrogen and oxygen atoms in total. The van der Waals surface area contributed by atoms with Crippen molar-refractivity contribution in [2.45, 2.75) is 37.8 Å². The van der Waals surface area contributed by atoms with Gasteiger partial charge in [0.25, 0.3) is 5.91 Å². The average Bonchev–Trinajstić information content (AvgIpc) is 2.49. The number of nitrogens with two attached hydrogens (primary N) is 1. The lowest BCUT2D eigenvalue weighted by Crippen LogP contribution is -2.40. The Morgan fingerprint density at radius 2 is 1.90 bits per heavy atom. The van der Waals surface area contributed by atoms with Gasteiger partial charge in [0, 0.05) is 23.7 Å². The van der Waals surface area contributed by atoms with Gasteiger partial charge in [0.1, 0.15) is 5.69 Å². The fourth-order valence-electron chi connectivity index (χ4n) is 2.82. The summed E-state index contributed by atoms with van der Waals surface area (Å²) in [6, 6.07) is 10.3. The van der Waals surface area contributed by atoms with Gasteiger partial charge in [-0.15, -0.1) is 0 Å². The van der Waals surface area contributed by atoms with E-state index in [0.717, 1.165) is 36.5 Å². The Bertz CT molecular complexity index is 613. The van der Waals surface area contributed by atoms with Crippen LogP contribution < -0.4 is 11.1 Å².